The predicted octanol–water partition coefficient (Wildman–Crippen LogP) is 3.35. The van der Waals surface area contributed by atoms with Crippen LogP contribution in [0.3, 0.4) is 0 Å². The lowest BCUT2D eigenvalue weighted by Gasteiger charge is -2.08. The average Bonchev–Trinajstić information content (AvgIpc) is 2.69. The highest BCUT2D eigenvalue weighted by molar-refractivity contribution is 8.77. The van der Waals surface area contributed by atoms with Gasteiger partial charge in [0, 0.05) is 13.1 Å². The number of esters is 1. The number of fused-ring (bicyclic) bond motifs is 3. The molecule has 0 bridgehead atoms. The van der Waals surface area contributed by atoms with E-state index >= 15 is 0 Å². The largest absolute Gasteiger partial charge is 0.426 e. The Kier molecular flexibility index (Phi) is 6.98. The average molecular weight is 401 g/mol. The molecule has 0 aliphatic heterocycles. The first kappa shape index (κ1) is 19.5. The minimum atomic E-state index is -0.338. The van der Waals surface area contributed by atoms with Crippen LogP contribution in [-0.4, -0.2) is 36.5 Å². The Hall–Kier alpha value is -2.22. The molecule has 0 saturated heterocycles. The molecule has 0 aliphatic carbocycles. The lowest BCUT2D eigenvalue weighted by atomic mass is 10.0. The number of hydrogen-bond donors (Lipinski definition) is 2. The Morgan fingerprint density at radius 1 is 0.926 bits per heavy atom. The number of carbonyl (C=O) groups excluding carboxylic acids is 2. The van der Waals surface area contributed by atoms with Gasteiger partial charge in [0.15, 0.2) is 0 Å². The van der Waals surface area contributed by atoms with Gasteiger partial charge in [-0.15, -0.1) is 0 Å². The molecule has 3 rings (SSSR count). The zero-order chi connectivity index (χ0) is 19.1. The van der Waals surface area contributed by atoms with Crippen molar-refractivity contribution in [3.05, 3.63) is 54.6 Å². The number of ether oxygens (including phenoxy) is 1. The van der Waals surface area contributed by atoms with Gasteiger partial charge in [0.2, 0.25) is 5.91 Å². The molecule has 1 amide bonds. The molecule has 3 aromatic rings. The number of carbonyl (C=O) groups is 2. The van der Waals surface area contributed by atoms with Gasteiger partial charge >= 0.3 is 5.97 Å². The second-order valence-electron chi connectivity index (χ2n) is 5.81. The van der Waals surface area contributed by atoms with Crippen molar-refractivity contribution in [2.24, 2.45) is 5.73 Å². The van der Waals surface area contributed by atoms with Gasteiger partial charge < -0.3 is 15.8 Å². The number of hydrogen-bond acceptors (Lipinski definition) is 6. The van der Waals surface area contributed by atoms with Crippen LogP contribution >= 0.6 is 21.6 Å². The zero-order valence-electron chi connectivity index (χ0n) is 14.6. The molecule has 3 N–H and O–H groups in total. The van der Waals surface area contributed by atoms with Crippen molar-refractivity contribution in [1.82, 2.24) is 5.32 Å². The second-order valence-corrected chi connectivity index (χ2v) is 8.27. The summed E-state index contributed by atoms with van der Waals surface area (Å²) in [6.45, 7) is 0.875. The summed E-state index contributed by atoms with van der Waals surface area (Å²) < 4.78 is 5.45. The molecule has 5 nitrogen and oxygen atoms in total. The Morgan fingerprint density at radius 2 is 1.63 bits per heavy atom. The molecule has 27 heavy (non-hydrogen) atoms. The van der Waals surface area contributed by atoms with Crippen LogP contribution in [0.5, 0.6) is 5.75 Å². The fraction of sp³-hybridized carbons (Fsp3) is 0.200. The quantitative estimate of drug-likeness (QED) is 0.198. The van der Waals surface area contributed by atoms with Gasteiger partial charge in [-0.3, -0.25) is 9.59 Å². The van der Waals surface area contributed by atoms with E-state index in [0.29, 0.717) is 18.8 Å². The summed E-state index contributed by atoms with van der Waals surface area (Å²) >= 11 is 0. The maximum absolute atomic E-state index is 12.1. The van der Waals surface area contributed by atoms with Gasteiger partial charge in [0.05, 0.1) is 5.75 Å². The van der Waals surface area contributed by atoms with Gasteiger partial charge in [0.25, 0.3) is 0 Å². The molecule has 3 aromatic carbocycles. The van der Waals surface area contributed by atoms with E-state index in [4.69, 9.17) is 10.5 Å². The molecule has 0 aromatic heterocycles. The van der Waals surface area contributed by atoms with Crippen molar-refractivity contribution in [1.29, 1.82) is 0 Å². The van der Waals surface area contributed by atoms with E-state index in [0.717, 1.165) is 21.5 Å². The van der Waals surface area contributed by atoms with Crippen LogP contribution in [0.2, 0.25) is 0 Å². The summed E-state index contributed by atoms with van der Waals surface area (Å²) in [5, 5.41) is 7.10. The number of rotatable bonds is 8. The van der Waals surface area contributed by atoms with Crippen LogP contribution in [0.15, 0.2) is 54.6 Å². The summed E-state index contributed by atoms with van der Waals surface area (Å²) in [5.41, 5.74) is 5.32. The minimum Gasteiger partial charge on any atom is -0.426 e. The topological polar surface area (TPSA) is 81.4 Å². The van der Waals surface area contributed by atoms with Gasteiger partial charge in [0.1, 0.15) is 11.5 Å². The predicted molar refractivity (Wildman–Crippen MR) is 114 cm³/mol. The number of nitrogens with two attached hydrogens (primary N) is 1. The Balaban J connectivity index is 1.57. The molecule has 0 aliphatic rings. The van der Waals surface area contributed by atoms with Crippen molar-refractivity contribution in [2.45, 2.75) is 0 Å². The molecule has 0 unspecified atom stereocenters. The molecule has 0 saturated carbocycles. The first-order chi connectivity index (χ1) is 13.2. The van der Waals surface area contributed by atoms with E-state index in [-0.39, 0.29) is 23.4 Å². The molecule has 0 radical (unpaired) electrons. The summed E-state index contributed by atoms with van der Waals surface area (Å²) in [4.78, 5) is 23.5. The van der Waals surface area contributed by atoms with E-state index in [1.807, 2.05) is 24.3 Å². The van der Waals surface area contributed by atoms with E-state index in [9.17, 15) is 9.59 Å². The lowest BCUT2D eigenvalue weighted by Crippen LogP contribution is -2.30. The molecular weight excluding hydrogens is 380 g/mol. The third-order valence-corrected chi connectivity index (χ3v) is 5.97. The fourth-order valence-electron chi connectivity index (χ4n) is 2.65. The molecule has 0 heterocycles. The Labute approximate surface area is 165 Å². The Bertz CT molecular complexity index is 962. The molecule has 7 heteroatoms. The number of amides is 1. The second kappa shape index (κ2) is 9.64. The van der Waals surface area contributed by atoms with Crippen LogP contribution < -0.4 is 15.8 Å². The highest BCUT2D eigenvalue weighted by atomic mass is 33.1. The summed E-state index contributed by atoms with van der Waals surface area (Å²) in [6, 6.07) is 17.9. The van der Waals surface area contributed by atoms with Crippen LogP contribution in [0.1, 0.15) is 0 Å². The maximum Gasteiger partial charge on any atom is 0.322 e. The van der Waals surface area contributed by atoms with Crippen LogP contribution in [0, 0.1) is 0 Å². The Morgan fingerprint density at radius 3 is 2.44 bits per heavy atom. The summed E-state index contributed by atoms with van der Waals surface area (Å²) in [7, 11) is 2.62. The molecular formula is C20H20N2O3S2. The molecule has 140 valence electrons. The van der Waals surface area contributed by atoms with Crippen molar-refractivity contribution in [2.75, 3.05) is 24.6 Å². The first-order valence-electron chi connectivity index (χ1n) is 8.51. The van der Waals surface area contributed by atoms with Crippen molar-refractivity contribution < 1.29 is 14.3 Å². The number of nitrogens with one attached hydrogen (secondary N) is 1. The monoisotopic (exact) mass is 400 g/mol. The molecule has 0 spiro atoms. The third-order valence-electron chi connectivity index (χ3n) is 3.87. The smallest absolute Gasteiger partial charge is 0.322 e. The molecule has 0 atom stereocenters. The van der Waals surface area contributed by atoms with Crippen LogP contribution in [-0.2, 0) is 9.59 Å². The summed E-state index contributed by atoms with van der Waals surface area (Å²) in [6.07, 6.45) is 0. The van der Waals surface area contributed by atoms with E-state index in [1.54, 1.807) is 6.07 Å². The van der Waals surface area contributed by atoms with E-state index in [2.05, 4.69) is 29.6 Å². The van der Waals surface area contributed by atoms with Crippen LogP contribution in [0.4, 0.5) is 0 Å². The highest BCUT2D eigenvalue weighted by Gasteiger charge is 2.09. The normalized spacial score (nSPS) is 10.9. The standard InChI is InChI=1S/C20H20N2O3S2/c21-9-10-22-19(23)12-26-27-13-20(24)25-16-8-7-15-6-5-14-3-1-2-4-17(14)18(15)11-16/h1-8,11H,9-10,12-13,21H2,(H,22,23). The zero-order valence-corrected chi connectivity index (χ0v) is 16.3. The third kappa shape index (κ3) is 5.38. The molecule has 0 fully saturated rings. The summed E-state index contributed by atoms with van der Waals surface area (Å²) in [5.74, 6) is 0.541. The lowest BCUT2D eigenvalue weighted by molar-refractivity contribution is -0.131. The fourth-order valence-corrected chi connectivity index (χ4v) is 4.29. The highest BCUT2D eigenvalue weighted by Crippen LogP contribution is 2.29. The van der Waals surface area contributed by atoms with Gasteiger partial charge in [-0.05, 0) is 33.7 Å². The van der Waals surface area contributed by atoms with Crippen molar-refractivity contribution in [3.8, 4) is 5.75 Å². The number of benzene rings is 3. The van der Waals surface area contributed by atoms with E-state index in [1.165, 1.54) is 21.6 Å². The van der Waals surface area contributed by atoms with Crippen LogP contribution in [0.25, 0.3) is 21.5 Å². The van der Waals surface area contributed by atoms with Crippen molar-refractivity contribution in [3.63, 3.8) is 0 Å². The maximum atomic E-state index is 12.1. The van der Waals surface area contributed by atoms with Gasteiger partial charge in [-0.2, -0.15) is 0 Å². The van der Waals surface area contributed by atoms with Gasteiger partial charge in [-0.1, -0.05) is 64.1 Å². The van der Waals surface area contributed by atoms with Crippen molar-refractivity contribution >= 4 is 55.0 Å². The SMILES string of the molecule is NCCNC(=O)CSSCC(=O)Oc1ccc2ccc3ccccc3c2c1. The van der Waals surface area contributed by atoms with E-state index < -0.39 is 0 Å². The van der Waals surface area contributed by atoms with Gasteiger partial charge in [-0.25, -0.2) is 0 Å². The minimum absolute atomic E-state index is 0.0901. The first-order valence-corrected chi connectivity index (χ1v) is 11.0.